The van der Waals surface area contributed by atoms with Gasteiger partial charge in [0.15, 0.2) is 0 Å². The molecule has 1 rings (SSSR count). The molecule has 0 bridgehead atoms. The topological polar surface area (TPSA) is 101 Å². The molecular formula is C11H12BFNO4S. The molecule has 1 amide bonds. The number of benzene rings is 1. The van der Waals surface area contributed by atoms with Gasteiger partial charge in [0, 0.05) is 5.15 Å². The number of nitrogens with two attached hydrogens (primary N) is 1. The first-order chi connectivity index (χ1) is 8.93. The van der Waals surface area contributed by atoms with E-state index in [0.29, 0.717) is 5.56 Å². The van der Waals surface area contributed by atoms with Crippen molar-refractivity contribution in [3.63, 3.8) is 0 Å². The maximum atomic E-state index is 13.2. The monoisotopic (exact) mass is 284 g/mol. The average molecular weight is 284 g/mol. The quantitative estimate of drug-likeness (QED) is 0.622. The Labute approximate surface area is 114 Å². The first-order valence-corrected chi connectivity index (χ1v) is 6.38. The Hall–Kier alpha value is -1.54. The molecule has 0 spiro atoms. The molecule has 0 saturated carbocycles. The first kappa shape index (κ1) is 15.5. The van der Waals surface area contributed by atoms with E-state index in [2.05, 4.69) is 0 Å². The number of thioether (sulfide) groups is 1. The van der Waals surface area contributed by atoms with Crippen LogP contribution in [0.15, 0.2) is 18.2 Å². The van der Waals surface area contributed by atoms with Gasteiger partial charge in [-0.2, -0.15) is 11.8 Å². The SMILES string of the molecule is NC(=O)CS[C@H]([B]O)Cc1ccc(F)c(C(=O)O)c1. The lowest BCUT2D eigenvalue weighted by Gasteiger charge is -2.12. The number of carboxylic acid groups (broad SMARTS) is 1. The number of rotatable bonds is 7. The van der Waals surface area contributed by atoms with Gasteiger partial charge in [-0.25, -0.2) is 9.18 Å². The van der Waals surface area contributed by atoms with Crippen LogP contribution in [-0.2, 0) is 11.2 Å². The molecule has 1 aromatic rings. The van der Waals surface area contributed by atoms with Gasteiger partial charge in [-0.3, -0.25) is 4.79 Å². The third-order valence-corrected chi connectivity index (χ3v) is 3.47. The van der Waals surface area contributed by atoms with E-state index in [1.807, 2.05) is 0 Å². The second kappa shape index (κ2) is 7.15. The fraction of sp³-hybridized carbons (Fsp3) is 0.273. The second-order valence-electron chi connectivity index (χ2n) is 3.79. The number of carbonyl (C=O) groups is 2. The lowest BCUT2D eigenvalue weighted by molar-refractivity contribution is -0.115. The molecule has 0 saturated heterocycles. The minimum atomic E-state index is -1.35. The van der Waals surface area contributed by atoms with Gasteiger partial charge in [-0.1, -0.05) is 6.07 Å². The zero-order valence-electron chi connectivity index (χ0n) is 9.88. The molecule has 8 heteroatoms. The lowest BCUT2D eigenvalue weighted by atomic mass is 9.89. The Morgan fingerprint density at radius 3 is 2.68 bits per heavy atom. The van der Waals surface area contributed by atoms with E-state index < -0.39 is 28.4 Å². The van der Waals surface area contributed by atoms with Crippen molar-refractivity contribution < 1.29 is 24.1 Å². The van der Waals surface area contributed by atoms with Gasteiger partial charge < -0.3 is 15.9 Å². The van der Waals surface area contributed by atoms with Crippen molar-refractivity contribution >= 4 is 31.1 Å². The Morgan fingerprint density at radius 1 is 1.47 bits per heavy atom. The van der Waals surface area contributed by atoms with Crippen LogP contribution in [0.1, 0.15) is 15.9 Å². The highest BCUT2D eigenvalue weighted by Gasteiger charge is 2.16. The van der Waals surface area contributed by atoms with Crippen LogP contribution in [0.5, 0.6) is 0 Å². The summed E-state index contributed by atoms with van der Waals surface area (Å²) in [7, 11) is 0.900. The summed E-state index contributed by atoms with van der Waals surface area (Å²) in [5.41, 5.74) is 5.12. The smallest absolute Gasteiger partial charge is 0.338 e. The average Bonchev–Trinajstić information content (AvgIpc) is 2.35. The summed E-state index contributed by atoms with van der Waals surface area (Å²) in [6.45, 7) is 0. The molecule has 0 aliphatic heterocycles. The van der Waals surface area contributed by atoms with Crippen LogP contribution in [0.4, 0.5) is 4.39 Å². The van der Waals surface area contributed by atoms with Crippen molar-refractivity contribution in [2.45, 2.75) is 11.6 Å². The van der Waals surface area contributed by atoms with Crippen LogP contribution in [0.25, 0.3) is 0 Å². The summed E-state index contributed by atoms with van der Waals surface area (Å²) in [4.78, 5) is 21.4. The van der Waals surface area contributed by atoms with E-state index in [1.54, 1.807) is 0 Å². The summed E-state index contributed by atoms with van der Waals surface area (Å²) in [6.07, 6.45) is 0.273. The number of hydrogen-bond acceptors (Lipinski definition) is 4. The zero-order chi connectivity index (χ0) is 14.4. The maximum Gasteiger partial charge on any atom is 0.338 e. The lowest BCUT2D eigenvalue weighted by Crippen LogP contribution is -2.21. The van der Waals surface area contributed by atoms with Crippen LogP contribution in [0, 0.1) is 5.82 Å². The Kier molecular flexibility index (Phi) is 5.84. The Morgan fingerprint density at radius 2 is 2.16 bits per heavy atom. The summed E-state index contributed by atoms with van der Waals surface area (Å²) < 4.78 is 13.2. The molecule has 1 radical (unpaired) electrons. The molecule has 5 nitrogen and oxygen atoms in total. The van der Waals surface area contributed by atoms with Crippen LogP contribution < -0.4 is 5.73 Å². The van der Waals surface area contributed by atoms with E-state index in [9.17, 15) is 14.0 Å². The highest BCUT2D eigenvalue weighted by molar-refractivity contribution is 8.01. The molecule has 4 N–H and O–H groups in total. The fourth-order valence-corrected chi connectivity index (χ4v) is 2.21. The van der Waals surface area contributed by atoms with Crippen molar-refractivity contribution in [2.24, 2.45) is 5.73 Å². The van der Waals surface area contributed by atoms with Crippen LogP contribution in [0.2, 0.25) is 0 Å². The molecule has 101 valence electrons. The van der Waals surface area contributed by atoms with Crippen molar-refractivity contribution in [1.82, 2.24) is 0 Å². The molecule has 0 heterocycles. The van der Waals surface area contributed by atoms with Crippen molar-refractivity contribution in [2.75, 3.05) is 5.75 Å². The number of aromatic carboxylic acids is 1. The largest absolute Gasteiger partial charge is 0.478 e. The predicted molar refractivity (Wildman–Crippen MR) is 70.5 cm³/mol. The highest BCUT2D eigenvalue weighted by atomic mass is 32.2. The Bertz CT molecular complexity index is 486. The van der Waals surface area contributed by atoms with E-state index in [4.69, 9.17) is 15.9 Å². The van der Waals surface area contributed by atoms with Gasteiger partial charge in [-0.15, -0.1) is 0 Å². The summed E-state index contributed by atoms with van der Waals surface area (Å²) >= 11 is 1.12. The van der Waals surface area contributed by atoms with Gasteiger partial charge in [0.05, 0.1) is 11.3 Å². The fourth-order valence-electron chi connectivity index (χ4n) is 1.44. The van der Waals surface area contributed by atoms with Gasteiger partial charge in [0.2, 0.25) is 5.91 Å². The summed E-state index contributed by atoms with van der Waals surface area (Å²) in [6, 6.07) is 3.70. The minimum absolute atomic E-state index is 0.0364. The van der Waals surface area contributed by atoms with Crippen molar-refractivity contribution in [3.8, 4) is 0 Å². The minimum Gasteiger partial charge on any atom is -0.478 e. The molecule has 0 fully saturated rings. The predicted octanol–water partition coefficient (Wildman–Crippen LogP) is 0.222. The van der Waals surface area contributed by atoms with Gasteiger partial charge in [0.25, 0.3) is 0 Å². The highest BCUT2D eigenvalue weighted by Crippen LogP contribution is 2.17. The van der Waals surface area contributed by atoms with Crippen LogP contribution >= 0.6 is 11.8 Å². The number of hydrogen-bond donors (Lipinski definition) is 3. The van der Waals surface area contributed by atoms with Crippen molar-refractivity contribution in [3.05, 3.63) is 35.1 Å². The molecular weight excluding hydrogens is 272 g/mol. The van der Waals surface area contributed by atoms with Gasteiger partial charge in [-0.05, 0) is 24.1 Å². The van der Waals surface area contributed by atoms with Crippen molar-refractivity contribution in [1.29, 1.82) is 0 Å². The second-order valence-corrected chi connectivity index (χ2v) is 5.02. The van der Waals surface area contributed by atoms with Crippen LogP contribution in [0.3, 0.4) is 0 Å². The molecule has 0 aromatic heterocycles. The normalized spacial score (nSPS) is 11.9. The number of primary amides is 1. The number of carbonyl (C=O) groups excluding carboxylic acids is 1. The first-order valence-electron chi connectivity index (χ1n) is 5.33. The number of amides is 1. The van der Waals surface area contributed by atoms with E-state index >= 15 is 0 Å². The third-order valence-electron chi connectivity index (χ3n) is 2.30. The Balaban J connectivity index is 2.77. The van der Waals surface area contributed by atoms with Crippen LogP contribution in [-0.4, -0.2) is 40.4 Å². The maximum absolute atomic E-state index is 13.2. The molecule has 1 atom stereocenters. The summed E-state index contributed by atoms with van der Waals surface area (Å²) in [5, 5.41) is 17.4. The van der Waals surface area contributed by atoms with E-state index in [1.165, 1.54) is 12.1 Å². The molecule has 1 aromatic carbocycles. The van der Waals surface area contributed by atoms with E-state index in [0.717, 1.165) is 25.3 Å². The molecule has 0 unspecified atom stereocenters. The molecule has 19 heavy (non-hydrogen) atoms. The van der Waals surface area contributed by atoms with Gasteiger partial charge >= 0.3 is 13.5 Å². The molecule has 0 aliphatic carbocycles. The number of halogens is 1. The third kappa shape index (κ3) is 4.92. The van der Waals surface area contributed by atoms with Gasteiger partial charge in [0.1, 0.15) is 5.82 Å². The van der Waals surface area contributed by atoms with E-state index in [-0.39, 0.29) is 12.2 Å². The molecule has 0 aliphatic rings. The standard InChI is InChI=1S/C11H12BFNO4S/c13-8-2-1-6(3-7(8)11(16)17)4-9(12-18)19-5-10(14)15/h1-3,9,18H,4-5H2,(H2,14,15)(H,16,17)/t9-/m0/s1. The zero-order valence-corrected chi connectivity index (χ0v) is 10.7. The number of carboxylic acids is 1. The summed E-state index contributed by atoms with van der Waals surface area (Å²) in [5.74, 6) is -2.64.